The van der Waals surface area contributed by atoms with E-state index < -0.39 is 62.0 Å². The molecule has 0 aliphatic heterocycles. The van der Waals surface area contributed by atoms with E-state index >= 15 is 0 Å². The molecule has 32 heavy (non-hydrogen) atoms. The summed E-state index contributed by atoms with van der Waals surface area (Å²) in [6.45, 7) is 2.98. The molecule has 0 rings (SSSR count). The molecule has 196 valence electrons. The first kappa shape index (κ1) is 47.7. The van der Waals surface area contributed by atoms with Gasteiger partial charge in [-0.05, 0) is 0 Å². The van der Waals surface area contributed by atoms with Gasteiger partial charge in [-0.1, -0.05) is 14.9 Å². The van der Waals surface area contributed by atoms with Crippen molar-refractivity contribution in [3.05, 3.63) is 6.65 Å². The van der Waals surface area contributed by atoms with Gasteiger partial charge in [0.25, 0.3) is 0 Å². The fourth-order valence-corrected chi connectivity index (χ4v) is 1.24. The Morgan fingerprint density at radius 2 is 0.875 bits per heavy atom. The average Bonchev–Trinajstić information content (AvgIpc) is 2.76. The largest absolute Gasteiger partial charge is 0 e. The smallest absolute Gasteiger partial charge is 0 e. The molecule has 0 saturated carbocycles. The molecule has 0 heterocycles. The molecule has 0 saturated heterocycles. The molecular weight excluding hydrogens is 448 g/mol. The average molecular weight is 484 g/mol. The summed E-state index contributed by atoms with van der Waals surface area (Å²) >= 11 is 0. The monoisotopic (exact) mass is 484 g/mol. The summed E-state index contributed by atoms with van der Waals surface area (Å²) in [5.74, 6) is 0. The van der Waals surface area contributed by atoms with Crippen LogP contribution in [0.1, 0.15) is 16.3 Å². The van der Waals surface area contributed by atoms with Crippen molar-refractivity contribution < 1.29 is 81.8 Å². The molecule has 0 aliphatic rings. The third-order valence-corrected chi connectivity index (χ3v) is 2.84. The van der Waals surface area contributed by atoms with E-state index in [4.69, 9.17) is 65.3 Å². The molecular formula is C16H36O16. The molecule has 0 radical (unpaired) electrons. The van der Waals surface area contributed by atoms with Crippen molar-refractivity contribution in [1.29, 1.82) is 0 Å². The van der Waals surface area contributed by atoms with E-state index in [9.17, 15) is 9.59 Å². The van der Waals surface area contributed by atoms with Gasteiger partial charge in [-0.2, -0.15) is 9.59 Å². The van der Waals surface area contributed by atoms with Gasteiger partial charge in [0.15, 0.2) is 12.6 Å². The first-order chi connectivity index (χ1) is 13.5. The number of carbonyl (C=O) groups excluding carboxylic acids is 4. The summed E-state index contributed by atoms with van der Waals surface area (Å²) in [5, 5.41) is 87.1. The SMILES string of the molecule is C.C.O.O=C=O.O=CC(O)C(O)C(O)C(O)CO.O=CC(O)C(O)C(O)C(O)CO.[C-]#[O+].[HH]. The second-order valence-electron chi connectivity index (χ2n) is 4.80. The van der Waals surface area contributed by atoms with Gasteiger partial charge < -0.3 is 66.1 Å². The van der Waals surface area contributed by atoms with E-state index in [1.54, 1.807) is 0 Å². The summed E-state index contributed by atoms with van der Waals surface area (Å²) < 4.78 is 7.50. The Kier molecular flexibility index (Phi) is 46.5. The number of hydrogen-bond donors (Lipinski definition) is 10. The Balaban J connectivity index is -0.0000000478. The number of carbonyl (C=O) groups is 2. The molecule has 8 unspecified atom stereocenters. The van der Waals surface area contributed by atoms with Crippen LogP contribution in [0.2, 0.25) is 0 Å². The molecule has 0 spiro atoms. The van der Waals surface area contributed by atoms with Gasteiger partial charge in [0.1, 0.15) is 48.8 Å². The summed E-state index contributed by atoms with van der Waals surface area (Å²) in [7, 11) is 0. The summed E-state index contributed by atoms with van der Waals surface area (Å²) in [4.78, 5) is 36.0. The Morgan fingerprint density at radius 1 is 0.688 bits per heavy atom. The molecule has 16 nitrogen and oxygen atoms in total. The third kappa shape index (κ3) is 22.7. The van der Waals surface area contributed by atoms with E-state index in [2.05, 4.69) is 6.65 Å². The van der Waals surface area contributed by atoms with Crippen LogP contribution in [0.4, 0.5) is 0 Å². The second-order valence-corrected chi connectivity index (χ2v) is 4.80. The predicted octanol–water partition coefficient (Wildman–Crippen LogP) is -6.69. The van der Waals surface area contributed by atoms with E-state index in [1.807, 2.05) is 0 Å². The maximum Gasteiger partial charge on any atom is 0 e. The minimum atomic E-state index is -1.79. The molecule has 8 atom stereocenters. The Labute approximate surface area is 185 Å². The van der Waals surface area contributed by atoms with Crippen molar-refractivity contribution in [1.82, 2.24) is 0 Å². The van der Waals surface area contributed by atoms with Crippen LogP contribution in [0.5, 0.6) is 0 Å². The van der Waals surface area contributed by atoms with Crippen LogP contribution in [-0.4, -0.2) is 137 Å². The molecule has 0 aromatic heterocycles. The van der Waals surface area contributed by atoms with Crippen LogP contribution < -0.4 is 0 Å². The van der Waals surface area contributed by atoms with Crippen molar-refractivity contribution in [3.8, 4) is 0 Å². The van der Waals surface area contributed by atoms with Crippen LogP contribution in [0.15, 0.2) is 0 Å². The quantitative estimate of drug-likeness (QED) is 0.0782. The van der Waals surface area contributed by atoms with E-state index in [-0.39, 0.29) is 40.5 Å². The maximum atomic E-state index is 9.90. The molecule has 0 aromatic rings. The third-order valence-electron chi connectivity index (χ3n) is 2.84. The predicted molar refractivity (Wildman–Crippen MR) is 102 cm³/mol. The van der Waals surface area contributed by atoms with E-state index in [0.29, 0.717) is 0 Å². The van der Waals surface area contributed by atoms with E-state index in [1.165, 1.54) is 0 Å². The van der Waals surface area contributed by atoms with Crippen molar-refractivity contribution in [2.75, 3.05) is 13.2 Å². The topological polar surface area (TPSA) is 322 Å². The number of aldehydes is 2. The van der Waals surface area contributed by atoms with Gasteiger partial charge in [0, 0.05) is 1.43 Å². The van der Waals surface area contributed by atoms with Crippen LogP contribution in [0, 0.1) is 6.65 Å². The van der Waals surface area contributed by atoms with Crippen molar-refractivity contribution in [3.63, 3.8) is 0 Å². The van der Waals surface area contributed by atoms with Gasteiger partial charge in [0.05, 0.1) is 13.2 Å². The second kappa shape index (κ2) is 31.2. The van der Waals surface area contributed by atoms with Gasteiger partial charge in [-0.25, -0.2) is 0 Å². The Bertz CT molecular complexity index is 427. The minimum absolute atomic E-state index is 0. The number of aliphatic hydroxyl groups excluding tert-OH is 10. The van der Waals surface area contributed by atoms with Crippen LogP contribution in [-0.2, 0) is 23.8 Å². The summed E-state index contributed by atoms with van der Waals surface area (Å²) in [6, 6.07) is 0. The fourth-order valence-electron chi connectivity index (χ4n) is 1.24. The molecule has 0 bridgehead atoms. The molecule has 12 N–H and O–H groups in total. The molecule has 0 aromatic carbocycles. The van der Waals surface area contributed by atoms with Gasteiger partial charge >= 0.3 is 17.5 Å². The first-order valence-electron chi connectivity index (χ1n) is 7.26. The zero-order chi connectivity index (χ0) is 24.2. The Hall–Kier alpha value is -1.98. The van der Waals surface area contributed by atoms with Crippen LogP contribution in [0.3, 0.4) is 0 Å². The van der Waals surface area contributed by atoms with Crippen molar-refractivity contribution in [2.45, 2.75) is 63.7 Å². The number of hydrogen-bond acceptors (Lipinski definition) is 14. The van der Waals surface area contributed by atoms with Crippen molar-refractivity contribution in [2.24, 2.45) is 0 Å². The van der Waals surface area contributed by atoms with Crippen molar-refractivity contribution >= 4 is 18.7 Å². The zero-order valence-electron chi connectivity index (χ0n) is 15.2. The van der Waals surface area contributed by atoms with E-state index in [0.717, 1.165) is 0 Å². The normalized spacial score (nSPS) is 16.1. The molecule has 0 fully saturated rings. The molecule has 0 amide bonds. The number of rotatable bonds is 10. The first-order valence-corrected chi connectivity index (χ1v) is 7.26. The summed E-state index contributed by atoms with van der Waals surface area (Å²) in [5.41, 5.74) is 0. The zero-order valence-corrected chi connectivity index (χ0v) is 15.2. The van der Waals surface area contributed by atoms with Gasteiger partial charge in [0.2, 0.25) is 0 Å². The number of aliphatic hydroxyl groups is 10. The molecule has 16 heteroatoms. The van der Waals surface area contributed by atoms with Gasteiger partial charge in [-0.3, -0.25) is 0 Å². The fraction of sp³-hybridized carbons (Fsp3) is 0.750. The van der Waals surface area contributed by atoms with Crippen LogP contribution in [0.25, 0.3) is 0 Å². The maximum absolute atomic E-state index is 9.90. The van der Waals surface area contributed by atoms with Crippen LogP contribution >= 0.6 is 0 Å². The molecule has 0 aliphatic carbocycles. The minimum Gasteiger partial charge on any atom is 0 e. The standard InChI is InChI=1S/2C6H12O6.CO2.CO.2CH4.H2O.H2/c2*7-1-3(9)5(11)6(12)4(10)2-8;2-1-3;1-2;;;;/h2*1,3-6,8-12H,2H2;;;2*1H4;1H2;1H. The van der Waals surface area contributed by atoms with Gasteiger partial charge in [-0.15, -0.1) is 0 Å². The Morgan fingerprint density at radius 3 is 1.00 bits per heavy atom. The summed E-state index contributed by atoms with van der Waals surface area (Å²) in [6.07, 6.45) is -13.4.